The Morgan fingerprint density at radius 2 is 1.10 bits per heavy atom. The summed E-state index contributed by atoms with van der Waals surface area (Å²) in [5, 5.41) is 17.1. The number of rotatable bonds is 2. The zero-order chi connectivity index (χ0) is 23.6. The topological polar surface area (TPSA) is 127 Å². The highest BCUT2D eigenvalue weighted by Gasteiger charge is 2.25. The van der Waals surface area contributed by atoms with Crippen LogP contribution in [0.2, 0.25) is 0 Å². The van der Waals surface area contributed by atoms with E-state index in [1.165, 1.54) is 24.3 Å². The van der Waals surface area contributed by atoms with Crippen LogP contribution in [0.3, 0.4) is 0 Å². The number of fused-ring (bicyclic) bond motifs is 8. The van der Waals surface area contributed by atoms with Crippen molar-refractivity contribution >= 4 is 23.9 Å². The predicted octanol–water partition coefficient (Wildman–Crippen LogP) is 3.93. The maximum absolute atomic E-state index is 11.7. The fourth-order valence-electron chi connectivity index (χ4n) is 2.33. The molecule has 2 heterocycles. The molecule has 2 aromatic carbocycles. The molecule has 2 bridgehead atoms. The molecule has 31 heavy (non-hydrogen) atoms. The number of hydrogen-bond acceptors (Lipinski definition) is 6. The van der Waals surface area contributed by atoms with Gasteiger partial charge in [0.05, 0.1) is 35.5 Å². The molecule has 8 nitrogen and oxygen atoms in total. The molecule has 0 saturated heterocycles. The summed E-state index contributed by atoms with van der Waals surface area (Å²) in [4.78, 5) is 44.3. The molecule has 0 unspecified atom stereocenters. The second-order valence-corrected chi connectivity index (χ2v) is 7.05. The van der Waals surface area contributed by atoms with Crippen LogP contribution in [0.4, 0.5) is 0 Å². The molecule has 2 aliphatic rings. The van der Waals surface area contributed by atoms with Crippen LogP contribution in [0.25, 0.3) is 0 Å². The Morgan fingerprint density at radius 1 is 0.774 bits per heavy atom. The quantitative estimate of drug-likeness (QED) is 0.544. The maximum atomic E-state index is 11.7. The van der Waals surface area contributed by atoms with Crippen molar-refractivity contribution in [1.29, 1.82) is 0 Å². The number of ether oxygens (including phenoxy) is 2. The molecule has 164 valence electrons. The number of aromatic carboxylic acids is 2. The van der Waals surface area contributed by atoms with Crippen LogP contribution in [0.1, 0.15) is 55.3 Å². The van der Waals surface area contributed by atoms with Crippen molar-refractivity contribution < 1.29 is 38.9 Å². The van der Waals surface area contributed by atoms with Gasteiger partial charge in [-0.05, 0) is 36.4 Å². The summed E-state index contributed by atoms with van der Waals surface area (Å²) in [5.74, 6) is -3.21. The Bertz CT molecular complexity index is 870. The van der Waals surface area contributed by atoms with Crippen molar-refractivity contribution in [1.82, 2.24) is 0 Å². The standard InChI is InChI=1S/C13H14O4.C8H6O4.C2H4/c1-13(2)7-16-11(14)9-3-4-10(6-5-9)12(15)17-8-13;9-7(10)5-3-1-2-4-6(5)8(11)12;1-2/h3-6H,7-8H2,1-2H3;1-4H,(H,9,10)(H,11,12);1-2H2. The molecule has 2 aromatic rings. The summed E-state index contributed by atoms with van der Waals surface area (Å²) >= 11 is 0. The average Bonchev–Trinajstić information content (AvgIpc) is 2.80. The van der Waals surface area contributed by atoms with E-state index < -0.39 is 11.9 Å². The van der Waals surface area contributed by atoms with Gasteiger partial charge in [0.15, 0.2) is 0 Å². The first-order valence-electron chi connectivity index (χ1n) is 9.11. The van der Waals surface area contributed by atoms with Crippen molar-refractivity contribution in [2.24, 2.45) is 5.41 Å². The number of carbonyl (C=O) groups excluding carboxylic acids is 2. The number of benzene rings is 2. The molecule has 2 aliphatic heterocycles. The first-order valence-corrected chi connectivity index (χ1v) is 9.11. The molecule has 0 aliphatic carbocycles. The fourth-order valence-corrected chi connectivity index (χ4v) is 2.33. The van der Waals surface area contributed by atoms with Gasteiger partial charge in [-0.1, -0.05) is 26.0 Å². The zero-order valence-electron chi connectivity index (χ0n) is 17.3. The van der Waals surface area contributed by atoms with E-state index in [1.54, 1.807) is 24.3 Å². The van der Waals surface area contributed by atoms with Gasteiger partial charge in [-0.3, -0.25) is 0 Å². The highest BCUT2D eigenvalue weighted by Crippen LogP contribution is 2.19. The molecule has 0 radical (unpaired) electrons. The zero-order valence-corrected chi connectivity index (χ0v) is 17.3. The molecule has 0 amide bonds. The number of esters is 2. The summed E-state index contributed by atoms with van der Waals surface area (Å²) in [5.41, 5.74) is 0.129. The summed E-state index contributed by atoms with van der Waals surface area (Å²) in [6.07, 6.45) is 0. The normalized spacial score (nSPS) is 14.3. The first-order chi connectivity index (χ1) is 14.6. The van der Waals surface area contributed by atoms with Crippen LogP contribution in [0.5, 0.6) is 0 Å². The van der Waals surface area contributed by atoms with Crippen molar-refractivity contribution in [2.45, 2.75) is 13.8 Å². The third-order valence-corrected chi connectivity index (χ3v) is 3.93. The first kappa shape index (κ1) is 25.1. The van der Waals surface area contributed by atoms with Crippen molar-refractivity contribution in [3.63, 3.8) is 0 Å². The van der Waals surface area contributed by atoms with Crippen LogP contribution in [-0.4, -0.2) is 47.3 Å². The third kappa shape index (κ3) is 7.43. The van der Waals surface area contributed by atoms with Crippen LogP contribution in [0, 0.1) is 5.41 Å². The van der Waals surface area contributed by atoms with Gasteiger partial charge in [-0.15, -0.1) is 13.2 Å². The molecule has 0 saturated carbocycles. The van der Waals surface area contributed by atoms with Crippen LogP contribution >= 0.6 is 0 Å². The van der Waals surface area contributed by atoms with Gasteiger partial charge in [-0.2, -0.15) is 0 Å². The smallest absolute Gasteiger partial charge is 0.338 e. The minimum Gasteiger partial charge on any atom is -0.478 e. The van der Waals surface area contributed by atoms with Crippen molar-refractivity contribution in [2.75, 3.05) is 13.2 Å². The van der Waals surface area contributed by atoms with Gasteiger partial charge in [0.2, 0.25) is 0 Å². The minimum absolute atomic E-state index is 0.190. The Kier molecular flexibility index (Phi) is 9.15. The van der Waals surface area contributed by atoms with Gasteiger partial charge >= 0.3 is 23.9 Å². The lowest BCUT2D eigenvalue weighted by atomic mass is 9.96. The van der Waals surface area contributed by atoms with Crippen LogP contribution in [0.15, 0.2) is 61.7 Å². The summed E-state index contributed by atoms with van der Waals surface area (Å²) in [6, 6.07) is 11.7. The van der Waals surface area contributed by atoms with Gasteiger partial charge in [0, 0.05) is 5.41 Å². The van der Waals surface area contributed by atoms with Crippen LogP contribution in [-0.2, 0) is 9.47 Å². The Morgan fingerprint density at radius 3 is 1.39 bits per heavy atom. The van der Waals surface area contributed by atoms with E-state index in [0.29, 0.717) is 11.1 Å². The van der Waals surface area contributed by atoms with E-state index in [0.717, 1.165) is 0 Å². The molecule has 2 N–H and O–H groups in total. The molecule has 0 atom stereocenters. The van der Waals surface area contributed by atoms with Crippen molar-refractivity contribution in [3.8, 4) is 0 Å². The molecule has 4 rings (SSSR count). The molecular weight excluding hydrogens is 404 g/mol. The SMILES string of the molecule is C=C.CC1(C)COC(=O)c2ccc(cc2)C(=O)OC1.O=C(O)c1ccccc1C(=O)O. The maximum Gasteiger partial charge on any atom is 0.338 e. The second-order valence-electron chi connectivity index (χ2n) is 7.05. The van der Waals surface area contributed by atoms with Gasteiger partial charge < -0.3 is 19.7 Å². The summed E-state index contributed by atoms with van der Waals surface area (Å²) in [6.45, 7) is 10.2. The van der Waals surface area contributed by atoms with E-state index >= 15 is 0 Å². The predicted molar refractivity (Wildman–Crippen MR) is 112 cm³/mol. The van der Waals surface area contributed by atoms with E-state index in [4.69, 9.17) is 19.7 Å². The van der Waals surface area contributed by atoms with E-state index in [-0.39, 0.29) is 41.7 Å². The fraction of sp³-hybridized carbons (Fsp3) is 0.217. The van der Waals surface area contributed by atoms with E-state index in [9.17, 15) is 19.2 Å². The molecule has 0 fully saturated rings. The number of carbonyl (C=O) groups is 4. The lowest BCUT2D eigenvalue weighted by molar-refractivity contribution is 0.00662. The molecule has 8 heteroatoms. The molecule has 0 aromatic heterocycles. The summed E-state index contributed by atoms with van der Waals surface area (Å²) < 4.78 is 10.3. The Balaban J connectivity index is 0.000000303. The number of carboxylic acids is 2. The van der Waals surface area contributed by atoms with Crippen LogP contribution < -0.4 is 0 Å². The monoisotopic (exact) mass is 428 g/mol. The highest BCUT2D eigenvalue weighted by atomic mass is 16.5. The Hall–Kier alpha value is -3.94. The average molecular weight is 428 g/mol. The summed E-state index contributed by atoms with van der Waals surface area (Å²) in [7, 11) is 0. The van der Waals surface area contributed by atoms with Gasteiger partial charge in [0.25, 0.3) is 0 Å². The molecular formula is C23H24O8. The van der Waals surface area contributed by atoms with Gasteiger partial charge in [-0.25, -0.2) is 19.2 Å². The Labute approximate surface area is 179 Å². The van der Waals surface area contributed by atoms with E-state index in [1.807, 2.05) is 13.8 Å². The lowest BCUT2D eigenvalue weighted by Gasteiger charge is -2.23. The van der Waals surface area contributed by atoms with E-state index in [2.05, 4.69) is 13.2 Å². The minimum atomic E-state index is -1.23. The second kappa shape index (κ2) is 11.3. The number of hydrogen-bond donors (Lipinski definition) is 2. The van der Waals surface area contributed by atoms with Crippen molar-refractivity contribution in [3.05, 3.63) is 83.9 Å². The molecule has 0 spiro atoms. The highest BCUT2D eigenvalue weighted by molar-refractivity contribution is 6.01. The largest absolute Gasteiger partial charge is 0.478 e. The lowest BCUT2D eigenvalue weighted by Crippen LogP contribution is -2.28. The third-order valence-electron chi connectivity index (χ3n) is 3.93. The number of carboxylic acid groups (broad SMARTS) is 2. The van der Waals surface area contributed by atoms with Gasteiger partial charge in [0.1, 0.15) is 0 Å².